The smallest absolute Gasteiger partial charge is 0.268 e. The molecular formula is C26H39N7O4S2. The Morgan fingerprint density at radius 3 is 2.64 bits per heavy atom. The lowest BCUT2D eigenvalue weighted by Gasteiger charge is -2.34. The van der Waals surface area contributed by atoms with Gasteiger partial charge in [0.1, 0.15) is 10.7 Å². The van der Waals surface area contributed by atoms with Crippen molar-refractivity contribution in [2.75, 3.05) is 49.1 Å². The van der Waals surface area contributed by atoms with Crippen LogP contribution in [-0.4, -0.2) is 85.1 Å². The summed E-state index contributed by atoms with van der Waals surface area (Å²) >= 11 is 0. The Hall–Kier alpha value is -3.06. The summed E-state index contributed by atoms with van der Waals surface area (Å²) in [6.07, 6.45) is 8.06. The van der Waals surface area contributed by atoms with Crippen molar-refractivity contribution in [1.29, 1.82) is 0 Å². The highest BCUT2D eigenvalue weighted by Gasteiger charge is 2.50. The van der Waals surface area contributed by atoms with Gasteiger partial charge in [-0.2, -0.15) is 0 Å². The second kappa shape index (κ2) is 10.2. The Bertz CT molecular complexity index is 1450. The lowest BCUT2D eigenvalue weighted by molar-refractivity contribution is 0.0981. The summed E-state index contributed by atoms with van der Waals surface area (Å²) in [4.78, 5) is 23.9. The van der Waals surface area contributed by atoms with Gasteiger partial charge < -0.3 is 15.4 Å². The minimum absolute atomic E-state index is 0.140. The molecule has 3 N–H and O–H groups in total. The molecule has 4 rings (SSSR count). The standard InChI is InChI=1S/C26H39N7O4S2/c1-8-38(6,7)14-13-37-21-11-12-33(30-21)20-10-9-18-23(29-20)32-17-26(4,16-25(32,2)3)22(27)19(15-28-5)39(35,36)31-24(18)34/h9-12,15H,8,13-14,16-17,27H2,1-7H3,(H,31,34)/b22-19+,28-15?/t26-/m1/s1. The molecule has 1 fully saturated rings. The van der Waals surface area contributed by atoms with E-state index in [4.69, 9.17) is 15.5 Å². The van der Waals surface area contributed by atoms with Crippen LogP contribution in [0.15, 0.2) is 40.0 Å². The van der Waals surface area contributed by atoms with Crippen molar-refractivity contribution < 1.29 is 17.9 Å². The van der Waals surface area contributed by atoms with Crippen LogP contribution in [-0.2, 0) is 10.0 Å². The Labute approximate surface area is 232 Å². The topological polar surface area (TPSA) is 145 Å². The van der Waals surface area contributed by atoms with Gasteiger partial charge in [0.15, 0.2) is 5.82 Å². The minimum Gasteiger partial charge on any atom is -0.476 e. The molecule has 0 radical (unpaired) electrons. The molecule has 0 aliphatic carbocycles. The van der Waals surface area contributed by atoms with Gasteiger partial charge in [-0.1, -0.05) is 13.8 Å². The number of sulfonamides is 1. The molecule has 2 bridgehead atoms. The Morgan fingerprint density at radius 2 is 1.97 bits per heavy atom. The summed E-state index contributed by atoms with van der Waals surface area (Å²) in [6, 6.07) is 4.99. The maximum Gasteiger partial charge on any atom is 0.268 e. The number of hydrogen-bond donors (Lipinski definition) is 2. The van der Waals surface area contributed by atoms with E-state index < -0.39 is 36.9 Å². The molecule has 214 valence electrons. The average molecular weight is 578 g/mol. The van der Waals surface area contributed by atoms with Gasteiger partial charge in [0.25, 0.3) is 15.9 Å². The van der Waals surface area contributed by atoms with Gasteiger partial charge in [-0.15, -0.1) is 5.10 Å². The van der Waals surface area contributed by atoms with E-state index in [1.165, 1.54) is 13.3 Å². The van der Waals surface area contributed by atoms with Gasteiger partial charge in [0, 0.05) is 54.5 Å². The van der Waals surface area contributed by atoms with E-state index in [0.717, 1.165) is 11.5 Å². The van der Waals surface area contributed by atoms with Crippen molar-refractivity contribution in [3.05, 3.63) is 40.6 Å². The molecular weight excluding hydrogens is 538 g/mol. The first-order valence-electron chi connectivity index (χ1n) is 12.8. The number of hydrogen-bond acceptors (Lipinski definition) is 9. The molecule has 1 amide bonds. The van der Waals surface area contributed by atoms with E-state index in [2.05, 4.69) is 34.2 Å². The first-order valence-corrected chi connectivity index (χ1v) is 17.1. The molecule has 11 nitrogen and oxygen atoms in total. The number of amides is 1. The van der Waals surface area contributed by atoms with E-state index >= 15 is 0 Å². The third-order valence-electron chi connectivity index (χ3n) is 7.57. The molecule has 4 heterocycles. The van der Waals surface area contributed by atoms with E-state index in [9.17, 15) is 13.2 Å². The summed E-state index contributed by atoms with van der Waals surface area (Å²) in [5.41, 5.74) is 5.61. The second-order valence-corrected chi connectivity index (χ2v) is 17.7. The molecule has 0 aromatic carbocycles. The molecule has 39 heavy (non-hydrogen) atoms. The monoisotopic (exact) mass is 577 g/mol. The number of nitrogens with zero attached hydrogens (tertiary/aromatic N) is 5. The Kier molecular flexibility index (Phi) is 7.54. The zero-order valence-electron chi connectivity index (χ0n) is 23.7. The minimum atomic E-state index is -4.28. The predicted molar refractivity (Wildman–Crippen MR) is 158 cm³/mol. The fourth-order valence-corrected chi connectivity index (χ4v) is 7.19. The fraction of sp³-hybridized carbons (Fsp3) is 0.538. The van der Waals surface area contributed by atoms with Crippen LogP contribution in [0.25, 0.3) is 5.82 Å². The quantitative estimate of drug-likeness (QED) is 0.478. The van der Waals surface area contributed by atoms with Crippen molar-refractivity contribution in [1.82, 2.24) is 19.5 Å². The zero-order chi connectivity index (χ0) is 28.8. The van der Waals surface area contributed by atoms with Crippen molar-refractivity contribution in [2.45, 2.75) is 39.7 Å². The first kappa shape index (κ1) is 28.9. The van der Waals surface area contributed by atoms with Crippen molar-refractivity contribution in [2.24, 2.45) is 16.1 Å². The van der Waals surface area contributed by atoms with Crippen LogP contribution in [0, 0.1) is 5.41 Å². The highest BCUT2D eigenvalue weighted by atomic mass is 32.3. The predicted octanol–water partition coefficient (Wildman–Crippen LogP) is 2.67. The fourth-order valence-electron chi connectivity index (χ4n) is 5.12. The van der Waals surface area contributed by atoms with E-state index in [-0.39, 0.29) is 16.2 Å². The number of aromatic nitrogens is 3. The number of rotatable bonds is 7. The van der Waals surface area contributed by atoms with Crippen LogP contribution >= 0.6 is 10.0 Å². The van der Waals surface area contributed by atoms with Crippen LogP contribution < -0.4 is 20.1 Å². The number of fused-ring (bicyclic) bond motifs is 4. The third-order valence-corrected chi connectivity index (χ3v) is 11.8. The summed E-state index contributed by atoms with van der Waals surface area (Å²) < 4.78 is 36.2. The number of nitrogens with two attached hydrogens (primary N) is 1. The Morgan fingerprint density at radius 1 is 1.26 bits per heavy atom. The van der Waals surface area contributed by atoms with Gasteiger partial charge in [-0.05, 0) is 50.7 Å². The largest absolute Gasteiger partial charge is 0.476 e. The molecule has 0 unspecified atom stereocenters. The van der Waals surface area contributed by atoms with Crippen molar-refractivity contribution >= 4 is 38.0 Å². The number of ether oxygens (including phenoxy) is 1. The van der Waals surface area contributed by atoms with Crippen molar-refractivity contribution in [3.8, 4) is 11.7 Å². The van der Waals surface area contributed by atoms with Crippen LogP contribution in [0.2, 0.25) is 0 Å². The van der Waals surface area contributed by atoms with Gasteiger partial charge in [0.05, 0.1) is 12.2 Å². The number of aliphatic imine (C=N–C) groups is 1. The molecule has 0 saturated carbocycles. The lowest BCUT2D eigenvalue weighted by atomic mass is 9.81. The van der Waals surface area contributed by atoms with Gasteiger partial charge in [0.2, 0.25) is 5.88 Å². The van der Waals surface area contributed by atoms with E-state index in [1.807, 2.05) is 25.7 Å². The molecule has 1 saturated heterocycles. The van der Waals surface area contributed by atoms with Crippen LogP contribution in [0.1, 0.15) is 44.5 Å². The number of allylic oxidation sites excluding steroid dienone is 1. The van der Waals surface area contributed by atoms with Crippen LogP contribution in [0.3, 0.4) is 0 Å². The van der Waals surface area contributed by atoms with E-state index in [1.54, 1.807) is 29.1 Å². The van der Waals surface area contributed by atoms with Crippen LogP contribution in [0.5, 0.6) is 5.88 Å². The first-order chi connectivity index (χ1) is 18.1. The number of pyridine rings is 1. The number of nitrogens with one attached hydrogen (secondary N) is 1. The average Bonchev–Trinajstić information content (AvgIpc) is 3.42. The second-order valence-electron chi connectivity index (χ2n) is 11.5. The SMILES string of the molecule is CCS(C)(C)CCOc1ccn(-c2ccc3c(n2)N2C[C@@](C)(CC2(C)C)/C(N)=C(/C=NC)S(=O)(=O)NC3=O)n1. The van der Waals surface area contributed by atoms with Crippen molar-refractivity contribution in [3.63, 3.8) is 0 Å². The summed E-state index contributed by atoms with van der Waals surface area (Å²) in [5, 5.41) is 4.53. The van der Waals surface area contributed by atoms with Gasteiger partial charge in [-0.25, -0.2) is 32.8 Å². The maximum absolute atomic E-state index is 13.3. The molecule has 2 aromatic heterocycles. The molecule has 2 aliphatic rings. The molecule has 1 atom stereocenters. The number of carbonyl (C=O) groups excluding carboxylic acids is 1. The van der Waals surface area contributed by atoms with Gasteiger partial charge >= 0.3 is 0 Å². The molecule has 2 aromatic rings. The number of anilines is 1. The third kappa shape index (κ3) is 5.65. The van der Waals surface area contributed by atoms with Gasteiger partial charge in [-0.3, -0.25) is 9.79 Å². The Balaban J connectivity index is 1.75. The molecule has 13 heteroatoms. The summed E-state index contributed by atoms with van der Waals surface area (Å²) in [5.74, 6) is 2.65. The highest BCUT2D eigenvalue weighted by Crippen LogP contribution is 2.48. The highest BCUT2D eigenvalue weighted by molar-refractivity contribution is 8.32. The molecule has 0 spiro atoms. The normalized spacial score (nSPS) is 24.9. The maximum atomic E-state index is 13.3. The van der Waals surface area contributed by atoms with E-state index in [0.29, 0.717) is 37.1 Å². The summed E-state index contributed by atoms with van der Waals surface area (Å²) in [7, 11) is -3.50. The van der Waals surface area contributed by atoms with Crippen LogP contribution in [0.4, 0.5) is 5.82 Å². The lowest BCUT2D eigenvalue weighted by Crippen LogP contribution is -2.42. The zero-order valence-corrected chi connectivity index (χ0v) is 25.3. The summed E-state index contributed by atoms with van der Waals surface area (Å²) in [6.45, 7) is 9.13. The number of carbonyl (C=O) groups is 1. The molecule has 2 aliphatic heterocycles.